The molecule has 0 fully saturated rings. The van der Waals surface area contributed by atoms with E-state index in [1.807, 2.05) is 12.1 Å². The van der Waals surface area contributed by atoms with Crippen LogP contribution in [0, 0.1) is 13.8 Å². The van der Waals surface area contributed by atoms with Crippen molar-refractivity contribution >= 4 is 17.7 Å². The quantitative estimate of drug-likeness (QED) is 0.556. The van der Waals surface area contributed by atoms with Crippen molar-refractivity contribution in [3.8, 4) is 11.4 Å². The maximum atomic E-state index is 12.2. The number of carbonyl (C=O) groups is 1. The van der Waals surface area contributed by atoms with Gasteiger partial charge in [0.2, 0.25) is 11.1 Å². The lowest BCUT2D eigenvalue weighted by molar-refractivity contribution is -0.118. The molecule has 0 aliphatic heterocycles. The summed E-state index contributed by atoms with van der Waals surface area (Å²) in [4.78, 5) is 20.6. The zero-order valence-electron chi connectivity index (χ0n) is 18.2. The van der Waals surface area contributed by atoms with Crippen molar-refractivity contribution in [2.75, 3.05) is 12.3 Å². The Kier molecular flexibility index (Phi) is 6.92. The highest BCUT2D eigenvalue weighted by Gasteiger charge is 2.16. The van der Waals surface area contributed by atoms with E-state index in [9.17, 15) is 4.79 Å². The summed E-state index contributed by atoms with van der Waals surface area (Å²) in [6.45, 7) is 11.6. The molecule has 3 rings (SSSR count). The molecule has 7 heteroatoms. The van der Waals surface area contributed by atoms with Gasteiger partial charge in [0.1, 0.15) is 0 Å². The minimum absolute atomic E-state index is 0.0168. The van der Waals surface area contributed by atoms with Crippen LogP contribution < -0.4 is 5.32 Å². The minimum Gasteiger partial charge on any atom is -0.355 e. The molecule has 0 saturated carbocycles. The van der Waals surface area contributed by atoms with E-state index in [0.717, 1.165) is 12.0 Å². The standard InChI is InChI=1S/C23H29N5OS/c1-15-12-18(23(3,4)5)13-16(2)19(15)8-11-25-20(29)14-30-22-26-21(27-28-22)17-6-9-24-10-7-17/h6-7,9-10,12-13H,8,11,14H2,1-5H3,(H,25,29)(H,26,27,28). The monoisotopic (exact) mass is 423 g/mol. The number of hydrogen-bond donors (Lipinski definition) is 2. The summed E-state index contributed by atoms with van der Waals surface area (Å²) in [5, 5.41) is 10.6. The Morgan fingerprint density at radius 1 is 1.13 bits per heavy atom. The molecule has 158 valence electrons. The van der Waals surface area contributed by atoms with E-state index >= 15 is 0 Å². The van der Waals surface area contributed by atoms with Gasteiger partial charge in [-0.2, -0.15) is 0 Å². The van der Waals surface area contributed by atoms with Gasteiger partial charge in [-0.05, 0) is 60.1 Å². The Morgan fingerprint density at radius 2 is 1.80 bits per heavy atom. The Morgan fingerprint density at radius 3 is 2.43 bits per heavy atom. The SMILES string of the molecule is Cc1cc(C(C)(C)C)cc(C)c1CCNC(=O)CSc1n[nH]c(-c2ccncc2)n1. The van der Waals surface area contributed by atoms with Crippen LogP contribution in [0.4, 0.5) is 0 Å². The zero-order valence-corrected chi connectivity index (χ0v) is 19.1. The third-order valence-electron chi connectivity index (χ3n) is 5.01. The van der Waals surface area contributed by atoms with Crippen LogP contribution in [0.3, 0.4) is 0 Å². The number of aromatic amines is 1. The first-order valence-corrected chi connectivity index (χ1v) is 11.1. The topological polar surface area (TPSA) is 83.6 Å². The van der Waals surface area contributed by atoms with Crippen molar-refractivity contribution in [3.63, 3.8) is 0 Å². The number of benzene rings is 1. The van der Waals surface area contributed by atoms with E-state index in [0.29, 0.717) is 17.5 Å². The van der Waals surface area contributed by atoms with Crippen molar-refractivity contribution in [1.82, 2.24) is 25.5 Å². The molecule has 6 nitrogen and oxygen atoms in total. The molecule has 3 aromatic rings. The van der Waals surface area contributed by atoms with Crippen LogP contribution in [0.1, 0.15) is 43.0 Å². The molecule has 0 aliphatic rings. The van der Waals surface area contributed by atoms with Gasteiger partial charge in [-0.25, -0.2) is 4.98 Å². The molecule has 0 saturated heterocycles. The van der Waals surface area contributed by atoms with E-state index < -0.39 is 0 Å². The largest absolute Gasteiger partial charge is 0.355 e. The van der Waals surface area contributed by atoms with Gasteiger partial charge >= 0.3 is 0 Å². The van der Waals surface area contributed by atoms with E-state index in [1.165, 1.54) is 34.0 Å². The second kappa shape index (κ2) is 9.43. The Hall–Kier alpha value is -2.67. The highest BCUT2D eigenvalue weighted by Crippen LogP contribution is 2.27. The smallest absolute Gasteiger partial charge is 0.230 e. The van der Waals surface area contributed by atoms with Gasteiger partial charge in [-0.15, -0.1) is 5.10 Å². The van der Waals surface area contributed by atoms with Crippen molar-refractivity contribution in [2.24, 2.45) is 0 Å². The highest BCUT2D eigenvalue weighted by molar-refractivity contribution is 7.99. The molecular weight excluding hydrogens is 394 g/mol. The number of pyridine rings is 1. The molecule has 0 atom stereocenters. The van der Waals surface area contributed by atoms with Crippen LogP contribution in [0.5, 0.6) is 0 Å². The van der Waals surface area contributed by atoms with Crippen LogP contribution in [0.25, 0.3) is 11.4 Å². The van der Waals surface area contributed by atoms with Crippen LogP contribution in [-0.2, 0) is 16.6 Å². The fourth-order valence-electron chi connectivity index (χ4n) is 3.28. The molecule has 1 aromatic carbocycles. The Balaban J connectivity index is 1.48. The normalized spacial score (nSPS) is 11.5. The van der Waals surface area contributed by atoms with Crippen molar-refractivity contribution in [2.45, 2.75) is 51.6 Å². The number of thioether (sulfide) groups is 1. The summed E-state index contributed by atoms with van der Waals surface area (Å²) in [6, 6.07) is 8.26. The number of hydrogen-bond acceptors (Lipinski definition) is 5. The Labute approximate surface area is 182 Å². The van der Waals surface area contributed by atoms with Gasteiger partial charge in [0, 0.05) is 24.5 Å². The maximum Gasteiger partial charge on any atom is 0.230 e. The van der Waals surface area contributed by atoms with Crippen molar-refractivity contribution < 1.29 is 4.79 Å². The highest BCUT2D eigenvalue weighted by atomic mass is 32.2. The lowest BCUT2D eigenvalue weighted by Crippen LogP contribution is -2.27. The minimum atomic E-state index is -0.0168. The van der Waals surface area contributed by atoms with Gasteiger partial charge in [-0.3, -0.25) is 14.9 Å². The van der Waals surface area contributed by atoms with Crippen LogP contribution >= 0.6 is 11.8 Å². The maximum absolute atomic E-state index is 12.2. The van der Waals surface area contributed by atoms with Gasteiger partial charge in [-0.1, -0.05) is 44.7 Å². The fraction of sp³-hybridized carbons (Fsp3) is 0.391. The van der Waals surface area contributed by atoms with Crippen molar-refractivity contribution in [1.29, 1.82) is 0 Å². The average Bonchev–Trinajstić information content (AvgIpc) is 3.17. The lowest BCUT2D eigenvalue weighted by Gasteiger charge is -2.22. The number of carbonyl (C=O) groups excluding carboxylic acids is 1. The fourth-order valence-corrected chi connectivity index (χ4v) is 3.91. The molecule has 2 N–H and O–H groups in total. The van der Waals surface area contributed by atoms with E-state index in [-0.39, 0.29) is 17.1 Å². The summed E-state index contributed by atoms with van der Waals surface area (Å²) >= 11 is 1.32. The molecule has 0 aliphatic carbocycles. The third kappa shape index (κ3) is 5.69. The summed E-state index contributed by atoms with van der Waals surface area (Å²) in [6.07, 6.45) is 4.24. The average molecular weight is 424 g/mol. The second-order valence-corrected chi connectivity index (χ2v) is 9.37. The zero-order chi connectivity index (χ0) is 21.7. The van der Waals surface area contributed by atoms with Crippen LogP contribution in [0.2, 0.25) is 0 Å². The molecule has 0 spiro atoms. The number of H-pyrrole nitrogens is 1. The predicted octanol–water partition coefficient (Wildman–Crippen LogP) is 4.23. The molecular formula is C23H29N5OS. The number of aromatic nitrogens is 4. The molecule has 0 unspecified atom stereocenters. The predicted molar refractivity (Wildman–Crippen MR) is 122 cm³/mol. The summed E-state index contributed by atoms with van der Waals surface area (Å²) in [5.74, 6) is 0.941. The second-order valence-electron chi connectivity index (χ2n) is 8.43. The molecule has 1 amide bonds. The number of rotatable bonds is 7. The summed E-state index contributed by atoms with van der Waals surface area (Å²) < 4.78 is 0. The lowest BCUT2D eigenvalue weighted by atomic mass is 9.83. The molecule has 30 heavy (non-hydrogen) atoms. The summed E-state index contributed by atoms with van der Waals surface area (Å²) in [5.41, 5.74) is 6.28. The van der Waals surface area contributed by atoms with Crippen molar-refractivity contribution in [3.05, 3.63) is 58.9 Å². The van der Waals surface area contributed by atoms with Gasteiger partial charge in [0.05, 0.1) is 5.75 Å². The number of nitrogens with zero attached hydrogens (tertiary/aromatic N) is 3. The number of nitrogens with one attached hydrogen (secondary N) is 2. The van der Waals surface area contributed by atoms with Crippen LogP contribution in [0.15, 0.2) is 41.8 Å². The van der Waals surface area contributed by atoms with E-state index in [2.05, 4.69) is 72.2 Å². The molecule has 0 bridgehead atoms. The molecule has 0 radical (unpaired) electrons. The molecule has 2 heterocycles. The number of amides is 1. The third-order valence-corrected chi connectivity index (χ3v) is 5.86. The first-order chi connectivity index (χ1) is 14.2. The first-order valence-electron chi connectivity index (χ1n) is 10.1. The van der Waals surface area contributed by atoms with Crippen LogP contribution in [-0.4, -0.2) is 38.4 Å². The summed E-state index contributed by atoms with van der Waals surface area (Å²) in [7, 11) is 0. The molecule has 2 aromatic heterocycles. The Bertz CT molecular complexity index is 985. The van der Waals surface area contributed by atoms with Gasteiger partial charge in [0.15, 0.2) is 5.82 Å². The van der Waals surface area contributed by atoms with Gasteiger partial charge in [0.25, 0.3) is 0 Å². The number of aryl methyl sites for hydroxylation is 2. The van der Waals surface area contributed by atoms with Gasteiger partial charge < -0.3 is 5.32 Å². The van der Waals surface area contributed by atoms with E-state index in [1.54, 1.807) is 12.4 Å². The van der Waals surface area contributed by atoms with E-state index in [4.69, 9.17) is 0 Å². The first kappa shape index (κ1) is 22.0.